The van der Waals surface area contributed by atoms with Crippen LogP contribution in [0.2, 0.25) is 5.02 Å². The summed E-state index contributed by atoms with van der Waals surface area (Å²) in [6.07, 6.45) is 1.02. The average molecular weight is 408 g/mol. The maximum Gasteiger partial charge on any atom is 0.314 e. The summed E-state index contributed by atoms with van der Waals surface area (Å²) in [4.78, 5) is 12.3. The number of benzene rings is 2. The molecule has 0 aliphatic rings. The van der Waals surface area contributed by atoms with Gasteiger partial charge in [-0.3, -0.25) is 4.79 Å². The van der Waals surface area contributed by atoms with E-state index < -0.39 is 5.41 Å². The van der Waals surface area contributed by atoms with Crippen molar-refractivity contribution in [1.29, 1.82) is 0 Å². The second-order valence-corrected chi connectivity index (χ2v) is 7.64. The molecule has 0 fully saturated rings. The third kappa shape index (κ3) is 5.77. The van der Waals surface area contributed by atoms with E-state index in [0.717, 1.165) is 11.1 Å². The average Bonchev–Trinajstić information content (AvgIpc) is 2.64. The monoisotopic (exact) mass is 407 g/mol. The van der Waals surface area contributed by atoms with Crippen molar-refractivity contribution in [1.82, 2.24) is 0 Å². The number of carbonyl (C=O) groups excluding carboxylic acids is 1. The number of rotatable bonds is 9. The maximum absolute atomic E-state index is 14.0. The summed E-state index contributed by atoms with van der Waals surface area (Å²) in [6, 6.07) is 11.7. The zero-order valence-electron chi connectivity index (χ0n) is 16.5. The van der Waals surface area contributed by atoms with Gasteiger partial charge < -0.3 is 15.2 Å². The SMILES string of the molecule is CCOC(=O)C(C)(COC)C[C@H](N)Cc1ccc(-c2cc(Cl)ccc2F)cc1. The molecule has 2 N–H and O–H groups in total. The van der Waals surface area contributed by atoms with E-state index in [-0.39, 0.29) is 24.4 Å². The fourth-order valence-corrected chi connectivity index (χ4v) is 3.49. The molecule has 2 aromatic rings. The van der Waals surface area contributed by atoms with Crippen molar-refractivity contribution in [2.75, 3.05) is 20.3 Å². The van der Waals surface area contributed by atoms with Gasteiger partial charge in [-0.25, -0.2) is 4.39 Å². The Labute approximate surface area is 170 Å². The molecule has 2 rings (SSSR count). The predicted molar refractivity (Wildman–Crippen MR) is 110 cm³/mol. The number of nitrogens with two attached hydrogens (primary N) is 1. The third-order valence-corrected chi connectivity index (χ3v) is 4.87. The van der Waals surface area contributed by atoms with Gasteiger partial charge in [0.1, 0.15) is 5.82 Å². The molecule has 0 radical (unpaired) electrons. The van der Waals surface area contributed by atoms with Gasteiger partial charge in [0.15, 0.2) is 0 Å². The Balaban J connectivity index is 2.08. The van der Waals surface area contributed by atoms with Crippen molar-refractivity contribution in [3.63, 3.8) is 0 Å². The van der Waals surface area contributed by atoms with Gasteiger partial charge in [-0.15, -0.1) is 0 Å². The highest BCUT2D eigenvalue weighted by molar-refractivity contribution is 6.30. The van der Waals surface area contributed by atoms with Gasteiger partial charge in [0.25, 0.3) is 0 Å². The van der Waals surface area contributed by atoms with Crippen LogP contribution in [0.25, 0.3) is 11.1 Å². The summed E-state index contributed by atoms with van der Waals surface area (Å²) in [5.41, 5.74) is 7.71. The molecule has 152 valence electrons. The second kappa shape index (κ2) is 10.0. The topological polar surface area (TPSA) is 61.5 Å². The molecule has 2 aromatic carbocycles. The van der Waals surface area contributed by atoms with Crippen LogP contribution in [0, 0.1) is 11.2 Å². The molecule has 0 aromatic heterocycles. The van der Waals surface area contributed by atoms with Crippen LogP contribution in [0.5, 0.6) is 0 Å². The summed E-state index contributed by atoms with van der Waals surface area (Å²) in [6.45, 7) is 4.14. The highest BCUT2D eigenvalue weighted by Gasteiger charge is 2.36. The molecule has 0 aliphatic carbocycles. The molecule has 0 heterocycles. The zero-order chi connectivity index (χ0) is 20.7. The highest BCUT2D eigenvalue weighted by Crippen LogP contribution is 2.28. The number of esters is 1. The number of halogens is 2. The van der Waals surface area contributed by atoms with Crippen LogP contribution in [0.3, 0.4) is 0 Å². The Hall–Kier alpha value is -1.95. The molecule has 2 atom stereocenters. The molecule has 1 unspecified atom stereocenters. The van der Waals surface area contributed by atoms with Crippen LogP contribution in [-0.4, -0.2) is 32.3 Å². The summed E-state index contributed by atoms with van der Waals surface area (Å²) >= 11 is 5.97. The molecule has 6 heteroatoms. The number of carbonyl (C=O) groups is 1. The van der Waals surface area contributed by atoms with E-state index in [1.54, 1.807) is 27.0 Å². The zero-order valence-corrected chi connectivity index (χ0v) is 17.3. The minimum absolute atomic E-state index is 0.243. The summed E-state index contributed by atoms with van der Waals surface area (Å²) in [5, 5.41) is 0.485. The summed E-state index contributed by atoms with van der Waals surface area (Å²) in [7, 11) is 1.55. The fourth-order valence-electron chi connectivity index (χ4n) is 3.32. The number of methoxy groups -OCH3 is 1. The van der Waals surface area contributed by atoms with Gasteiger partial charge in [-0.05, 0) is 56.0 Å². The van der Waals surface area contributed by atoms with Crippen molar-refractivity contribution in [2.24, 2.45) is 11.1 Å². The molecular weight excluding hydrogens is 381 g/mol. The Morgan fingerprint density at radius 1 is 1.25 bits per heavy atom. The number of hydrogen-bond donors (Lipinski definition) is 1. The lowest BCUT2D eigenvalue weighted by Crippen LogP contribution is -2.41. The van der Waals surface area contributed by atoms with E-state index in [4.69, 9.17) is 26.8 Å². The standard InChI is InChI=1S/C22H27ClFNO3/c1-4-28-21(26)22(2,14-27-3)13-18(25)11-15-5-7-16(8-6-15)19-12-17(23)9-10-20(19)24/h5-10,12,18H,4,11,13-14,25H2,1-3H3/t18-,22?/m1/s1. The lowest BCUT2D eigenvalue weighted by molar-refractivity contribution is -0.158. The molecule has 0 bridgehead atoms. The van der Waals surface area contributed by atoms with E-state index in [9.17, 15) is 9.18 Å². The third-order valence-electron chi connectivity index (χ3n) is 4.64. The van der Waals surface area contributed by atoms with Gasteiger partial charge in [0.05, 0.1) is 18.6 Å². The van der Waals surface area contributed by atoms with Crippen molar-refractivity contribution < 1.29 is 18.7 Å². The molecule has 0 saturated carbocycles. The maximum atomic E-state index is 14.0. The molecule has 0 spiro atoms. The first-order valence-electron chi connectivity index (χ1n) is 9.25. The minimum Gasteiger partial charge on any atom is -0.466 e. The first-order valence-corrected chi connectivity index (χ1v) is 9.63. The lowest BCUT2D eigenvalue weighted by Gasteiger charge is -2.29. The van der Waals surface area contributed by atoms with Gasteiger partial charge >= 0.3 is 5.97 Å². The largest absolute Gasteiger partial charge is 0.466 e. The van der Waals surface area contributed by atoms with Gasteiger partial charge in [0.2, 0.25) is 0 Å². The normalized spacial score (nSPS) is 14.4. The van der Waals surface area contributed by atoms with Crippen LogP contribution in [-0.2, 0) is 20.7 Å². The van der Waals surface area contributed by atoms with Crippen molar-refractivity contribution in [3.8, 4) is 11.1 Å². The fraction of sp³-hybridized carbons (Fsp3) is 0.409. The van der Waals surface area contributed by atoms with Crippen LogP contribution in [0.1, 0.15) is 25.8 Å². The summed E-state index contributed by atoms with van der Waals surface area (Å²) in [5.74, 6) is -0.627. The second-order valence-electron chi connectivity index (χ2n) is 7.20. The van der Waals surface area contributed by atoms with Crippen molar-refractivity contribution >= 4 is 17.6 Å². The van der Waals surface area contributed by atoms with Crippen LogP contribution in [0.15, 0.2) is 42.5 Å². The van der Waals surface area contributed by atoms with E-state index in [1.165, 1.54) is 12.1 Å². The molecule has 0 saturated heterocycles. The van der Waals surface area contributed by atoms with Gasteiger partial charge in [-0.2, -0.15) is 0 Å². The highest BCUT2D eigenvalue weighted by atomic mass is 35.5. The van der Waals surface area contributed by atoms with Gasteiger partial charge in [-0.1, -0.05) is 35.9 Å². The van der Waals surface area contributed by atoms with E-state index in [2.05, 4.69) is 0 Å². The van der Waals surface area contributed by atoms with Crippen LogP contribution in [0.4, 0.5) is 4.39 Å². The Bertz CT molecular complexity index is 797. The lowest BCUT2D eigenvalue weighted by atomic mass is 9.82. The molecule has 0 amide bonds. The quantitative estimate of drug-likeness (QED) is 0.616. The number of hydrogen-bond acceptors (Lipinski definition) is 4. The predicted octanol–water partition coefficient (Wildman–Crippen LogP) is 4.62. The molecule has 0 aliphatic heterocycles. The molecular formula is C22H27ClFNO3. The Morgan fingerprint density at radius 2 is 1.93 bits per heavy atom. The van der Waals surface area contributed by atoms with E-state index in [0.29, 0.717) is 30.0 Å². The Kier molecular flexibility index (Phi) is 7.98. The molecule has 4 nitrogen and oxygen atoms in total. The molecule has 28 heavy (non-hydrogen) atoms. The first-order chi connectivity index (χ1) is 13.3. The van der Waals surface area contributed by atoms with Crippen LogP contribution >= 0.6 is 11.6 Å². The Morgan fingerprint density at radius 3 is 2.54 bits per heavy atom. The minimum atomic E-state index is -0.798. The van der Waals surface area contributed by atoms with Crippen molar-refractivity contribution in [3.05, 3.63) is 58.9 Å². The van der Waals surface area contributed by atoms with Gasteiger partial charge in [0, 0.05) is 23.7 Å². The first kappa shape index (κ1) is 22.3. The van der Waals surface area contributed by atoms with E-state index >= 15 is 0 Å². The smallest absolute Gasteiger partial charge is 0.314 e. The van der Waals surface area contributed by atoms with E-state index in [1.807, 2.05) is 24.3 Å². The van der Waals surface area contributed by atoms with Crippen molar-refractivity contribution in [2.45, 2.75) is 32.7 Å². The van der Waals surface area contributed by atoms with Crippen LogP contribution < -0.4 is 5.73 Å². The number of ether oxygens (including phenoxy) is 2. The summed E-state index contributed by atoms with van der Waals surface area (Å²) < 4.78 is 24.4.